The molecule has 2 N–H and O–H groups in total. The number of fused-ring (bicyclic) bond motifs is 1. The second-order valence-corrected chi connectivity index (χ2v) is 4.10. The molecule has 0 amide bonds. The summed E-state index contributed by atoms with van der Waals surface area (Å²) < 4.78 is 6.00. The first kappa shape index (κ1) is 10.2. The van der Waals surface area contributed by atoms with Crippen molar-refractivity contribution < 1.29 is 4.74 Å². The molecule has 4 heteroatoms. The lowest BCUT2D eigenvalue weighted by atomic mass is 10.1. The summed E-state index contributed by atoms with van der Waals surface area (Å²) in [6, 6.07) is 5.67. The number of methoxy groups -OCH3 is 1. The van der Waals surface area contributed by atoms with Gasteiger partial charge in [0.25, 0.3) is 0 Å². The Morgan fingerprint density at radius 1 is 1.40 bits per heavy atom. The Morgan fingerprint density at radius 2 is 2.13 bits per heavy atom. The molecular weight excluding hydrogens is 256 g/mol. The maximum Gasteiger partial charge on any atom is 0.119 e. The zero-order chi connectivity index (χ0) is 11.0. The Morgan fingerprint density at radius 3 is 2.80 bits per heavy atom. The third-order valence-corrected chi connectivity index (χ3v) is 3.34. The quantitative estimate of drug-likeness (QED) is 0.864. The number of nitrogens with zero attached hydrogens (tertiary/aromatic N) is 1. The summed E-state index contributed by atoms with van der Waals surface area (Å²) in [6.45, 7) is 1.92. The normalized spacial score (nSPS) is 10.6. The predicted molar refractivity (Wildman–Crippen MR) is 65.1 cm³/mol. The number of aryl methyl sites for hydroxylation is 1. The standard InChI is InChI=1S/C11H11BrN2O/c1-6-10(12)11(13)8-5-7(15-2)3-4-9(8)14-6/h3-5H,1-2H3,(H2,13,14). The summed E-state index contributed by atoms with van der Waals surface area (Å²) >= 11 is 3.42. The Kier molecular flexibility index (Phi) is 2.52. The minimum absolute atomic E-state index is 0.705. The van der Waals surface area contributed by atoms with Crippen molar-refractivity contribution >= 4 is 32.5 Å². The van der Waals surface area contributed by atoms with Crippen molar-refractivity contribution in [2.75, 3.05) is 12.8 Å². The van der Waals surface area contributed by atoms with Crippen molar-refractivity contribution in [2.45, 2.75) is 6.92 Å². The van der Waals surface area contributed by atoms with Crippen LogP contribution in [0.1, 0.15) is 5.69 Å². The Balaban J connectivity index is 2.81. The van der Waals surface area contributed by atoms with E-state index in [2.05, 4.69) is 20.9 Å². The highest BCUT2D eigenvalue weighted by Gasteiger charge is 2.08. The first-order chi connectivity index (χ1) is 7.13. The van der Waals surface area contributed by atoms with Crippen LogP contribution in [0, 0.1) is 6.92 Å². The molecule has 0 aliphatic rings. The van der Waals surface area contributed by atoms with Crippen molar-refractivity contribution in [3.8, 4) is 5.75 Å². The van der Waals surface area contributed by atoms with Gasteiger partial charge in [0, 0.05) is 5.39 Å². The lowest BCUT2D eigenvalue weighted by Gasteiger charge is -2.08. The lowest BCUT2D eigenvalue weighted by molar-refractivity contribution is 0.415. The van der Waals surface area contributed by atoms with Crippen LogP contribution in [0.5, 0.6) is 5.75 Å². The van der Waals surface area contributed by atoms with Crippen molar-refractivity contribution in [1.82, 2.24) is 4.98 Å². The number of nitrogen functional groups attached to an aromatic ring is 1. The van der Waals surface area contributed by atoms with Gasteiger partial charge >= 0.3 is 0 Å². The van der Waals surface area contributed by atoms with E-state index in [1.54, 1.807) is 7.11 Å². The molecule has 0 saturated heterocycles. The average Bonchev–Trinajstić information content (AvgIpc) is 2.26. The van der Waals surface area contributed by atoms with Gasteiger partial charge in [-0.1, -0.05) is 0 Å². The summed E-state index contributed by atoms with van der Waals surface area (Å²) in [4.78, 5) is 4.43. The number of nitrogens with two attached hydrogens (primary N) is 1. The van der Waals surface area contributed by atoms with E-state index in [4.69, 9.17) is 10.5 Å². The van der Waals surface area contributed by atoms with Crippen LogP contribution < -0.4 is 10.5 Å². The van der Waals surface area contributed by atoms with Gasteiger partial charge in [-0.2, -0.15) is 0 Å². The molecule has 15 heavy (non-hydrogen) atoms. The third-order valence-electron chi connectivity index (χ3n) is 2.34. The lowest BCUT2D eigenvalue weighted by Crippen LogP contribution is -1.95. The number of pyridine rings is 1. The molecule has 0 spiro atoms. The van der Waals surface area contributed by atoms with E-state index in [-0.39, 0.29) is 0 Å². The van der Waals surface area contributed by atoms with Crippen molar-refractivity contribution in [1.29, 1.82) is 0 Å². The van der Waals surface area contributed by atoms with Crippen LogP contribution >= 0.6 is 15.9 Å². The minimum atomic E-state index is 0.705. The number of aromatic nitrogens is 1. The molecule has 0 unspecified atom stereocenters. The number of benzene rings is 1. The second kappa shape index (κ2) is 3.70. The van der Waals surface area contributed by atoms with Gasteiger partial charge in [-0.05, 0) is 41.1 Å². The van der Waals surface area contributed by atoms with Gasteiger partial charge in [-0.15, -0.1) is 0 Å². The van der Waals surface area contributed by atoms with Crippen LogP contribution in [0.15, 0.2) is 22.7 Å². The molecule has 1 aromatic heterocycles. The van der Waals surface area contributed by atoms with Gasteiger partial charge in [0.1, 0.15) is 5.75 Å². The highest BCUT2D eigenvalue weighted by molar-refractivity contribution is 9.10. The number of anilines is 1. The largest absolute Gasteiger partial charge is 0.497 e. The Hall–Kier alpha value is -1.29. The first-order valence-electron chi connectivity index (χ1n) is 4.53. The zero-order valence-electron chi connectivity index (χ0n) is 8.54. The van der Waals surface area contributed by atoms with Crippen LogP contribution in [0.3, 0.4) is 0 Å². The predicted octanol–water partition coefficient (Wildman–Crippen LogP) is 2.90. The van der Waals surface area contributed by atoms with Gasteiger partial charge in [-0.3, -0.25) is 4.98 Å². The van der Waals surface area contributed by atoms with E-state index in [1.165, 1.54) is 0 Å². The van der Waals surface area contributed by atoms with E-state index >= 15 is 0 Å². The van der Waals surface area contributed by atoms with E-state index < -0.39 is 0 Å². The van der Waals surface area contributed by atoms with Gasteiger partial charge in [0.2, 0.25) is 0 Å². The van der Waals surface area contributed by atoms with Gasteiger partial charge in [0.15, 0.2) is 0 Å². The van der Waals surface area contributed by atoms with Crippen molar-refractivity contribution in [3.63, 3.8) is 0 Å². The monoisotopic (exact) mass is 266 g/mol. The molecular formula is C11H11BrN2O. The van der Waals surface area contributed by atoms with Crippen molar-refractivity contribution in [2.24, 2.45) is 0 Å². The topological polar surface area (TPSA) is 48.1 Å². The molecule has 2 aromatic rings. The van der Waals surface area contributed by atoms with E-state index in [1.807, 2.05) is 25.1 Å². The molecule has 3 nitrogen and oxygen atoms in total. The molecule has 1 heterocycles. The maximum absolute atomic E-state index is 6.00. The molecule has 2 rings (SSSR count). The number of halogens is 1. The smallest absolute Gasteiger partial charge is 0.119 e. The van der Waals surface area contributed by atoms with Crippen LogP contribution in [-0.2, 0) is 0 Å². The van der Waals surface area contributed by atoms with Crippen LogP contribution in [0.2, 0.25) is 0 Å². The Bertz CT molecular complexity index is 525. The van der Waals surface area contributed by atoms with Crippen LogP contribution in [0.4, 0.5) is 5.69 Å². The molecule has 0 fully saturated rings. The molecule has 1 aromatic carbocycles. The van der Waals surface area contributed by atoms with E-state index in [9.17, 15) is 0 Å². The van der Waals surface area contributed by atoms with Gasteiger partial charge in [0.05, 0.1) is 28.5 Å². The zero-order valence-corrected chi connectivity index (χ0v) is 10.1. The minimum Gasteiger partial charge on any atom is -0.497 e. The first-order valence-corrected chi connectivity index (χ1v) is 5.32. The maximum atomic E-state index is 6.00. The molecule has 0 saturated carbocycles. The van der Waals surface area contributed by atoms with E-state index in [0.717, 1.165) is 26.8 Å². The summed E-state index contributed by atoms with van der Waals surface area (Å²) in [7, 11) is 1.63. The fourth-order valence-corrected chi connectivity index (χ4v) is 1.80. The average molecular weight is 267 g/mol. The van der Waals surface area contributed by atoms with Crippen LogP contribution in [-0.4, -0.2) is 12.1 Å². The van der Waals surface area contributed by atoms with Crippen LogP contribution in [0.25, 0.3) is 10.9 Å². The fraction of sp³-hybridized carbons (Fsp3) is 0.182. The fourth-order valence-electron chi connectivity index (χ4n) is 1.50. The van der Waals surface area contributed by atoms with E-state index in [0.29, 0.717) is 5.69 Å². The summed E-state index contributed by atoms with van der Waals surface area (Å²) in [5, 5.41) is 0.909. The number of hydrogen-bond acceptors (Lipinski definition) is 3. The molecule has 0 radical (unpaired) electrons. The summed E-state index contributed by atoms with van der Waals surface area (Å²) in [5.41, 5.74) is 8.48. The van der Waals surface area contributed by atoms with Crippen molar-refractivity contribution in [3.05, 3.63) is 28.4 Å². The highest BCUT2D eigenvalue weighted by Crippen LogP contribution is 2.31. The number of hydrogen-bond donors (Lipinski definition) is 1. The molecule has 0 bridgehead atoms. The molecule has 78 valence electrons. The number of rotatable bonds is 1. The summed E-state index contributed by atoms with van der Waals surface area (Å²) in [6.07, 6.45) is 0. The molecule has 0 atom stereocenters. The highest BCUT2D eigenvalue weighted by atomic mass is 79.9. The number of ether oxygens (including phenoxy) is 1. The molecule has 0 aliphatic carbocycles. The van der Waals surface area contributed by atoms with Gasteiger partial charge in [-0.25, -0.2) is 0 Å². The Labute approximate surface area is 96.4 Å². The second-order valence-electron chi connectivity index (χ2n) is 3.31. The summed E-state index contributed by atoms with van der Waals surface area (Å²) in [5.74, 6) is 0.784. The third kappa shape index (κ3) is 1.65. The van der Waals surface area contributed by atoms with Gasteiger partial charge < -0.3 is 10.5 Å². The molecule has 0 aliphatic heterocycles. The SMILES string of the molecule is COc1ccc2nc(C)c(Br)c(N)c2c1.